The molecule has 3 rings (SSSR count). The van der Waals surface area contributed by atoms with Crippen LogP contribution in [0.5, 0.6) is 5.75 Å². The topological polar surface area (TPSA) is 50.4 Å². The number of rotatable bonds is 6. The van der Waals surface area contributed by atoms with Crippen molar-refractivity contribution in [2.24, 2.45) is 5.92 Å². The number of hydrogen-bond donors (Lipinski definition) is 2. The van der Waals surface area contributed by atoms with Gasteiger partial charge in [0.25, 0.3) is 0 Å². The SMILES string of the molecule is C=CCOc1ccccc1CNC(=O)C1CC2CCCCC2N1.Cl. The molecule has 5 heteroatoms. The maximum Gasteiger partial charge on any atom is 0.237 e. The van der Waals surface area contributed by atoms with Crippen LogP contribution in [0.15, 0.2) is 36.9 Å². The summed E-state index contributed by atoms with van der Waals surface area (Å²) in [6, 6.07) is 8.32. The molecule has 132 valence electrons. The van der Waals surface area contributed by atoms with Crippen molar-refractivity contribution in [2.75, 3.05) is 6.61 Å². The van der Waals surface area contributed by atoms with Crippen molar-refractivity contribution in [2.45, 2.75) is 50.7 Å². The average molecular weight is 351 g/mol. The predicted octanol–water partition coefficient (Wildman–Crippen LogP) is 3.21. The lowest BCUT2D eigenvalue weighted by molar-refractivity contribution is -0.123. The van der Waals surface area contributed by atoms with Crippen molar-refractivity contribution in [3.8, 4) is 5.75 Å². The van der Waals surface area contributed by atoms with Gasteiger partial charge in [-0.15, -0.1) is 12.4 Å². The Balaban J connectivity index is 0.00000208. The molecule has 2 fully saturated rings. The summed E-state index contributed by atoms with van der Waals surface area (Å²) >= 11 is 0. The van der Waals surface area contributed by atoms with Gasteiger partial charge >= 0.3 is 0 Å². The number of para-hydroxylation sites is 1. The van der Waals surface area contributed by atoms with Gasteiger partial charge in [-0.05, 0) is 31.2 Å². The Bertz CT molecular complexity index is 550. The first kappa shape index (κ1) is 18.8. The number of amides is 1. The quantitative estimate of drug-likeness (QED) is 0.774. The van der Waals surface area contributed by atoms with Crippen molar-refractivity contribution in [1.29, 1.82) is 0 Å². The minimum absolute atomic E-state index is 0. The molecule has 1 saturated heterocycles. The molecule has 1 aliphatic carbocycles. The van der Waals surface area contributed by atoms with Crippen LogP contribution < -0.4 is 15.4 Å². The molecule has 2 N–H and O–H groups in total. The van der Waals surface area contributed by atoms with Gasteiger partial charge in [0.2, 0.25) is 5.91 Å². The first-order valence-electron chi connectivity index (χ1n) is 8.63. The Kier molecular flexibility index (Phi) is 7.13. The van der Waals surface area contributed by atoms with Crippen LogP contribution in [0.1, 0.15) is 37.7 Å². The maximum atomic E-state index is 12.5. The molecule has 1 amide bonds. The summed E-state index contributed by atoms with van der Waals surface area (Å²) in [5, 5.41) is 6.58. The summed E-state index contributed by atoms with van der Waals surface area (Å²) in [5.74, 6) is 1.60. The summed E-state index contributed by atoms with van der Waals surface area (Å²) in [5.41, 5.74) is 0.998. The molecular weight excluding hydrogens is 324 g/mol. The van der Waals surface area contributed by atoms with Crippen LogP contribution in [0.4, 0.5) is 0 Å². The second-order valence-corrected chi connectivity index (χ2v) is 6.53. The third kappa shape index (κ3) is 4.52. The zero-order chi connectivity index (χ0) is 16.1. The molecule has 3 atom stereocenters. The molecule has 0 radical (unpaired) electrons. The minimum Gasteiger partial charge on any atom is -0.489 e. The van der Waals surface area contributed by atoms with E-state index in [1.54, 1.807) is 6.08 Å². The first-order valence-corrected chi connectivity index (χ1v) is 8.63. The van der Waals surface area contributed by atoms with Crippen molar-refractivity contribution in [3.05, 3.63) is 42.5 Å². The number of nitrogens with one attached hydrogen (secondary N) is 2. The van der Waals surface area contributed by atoms with Gasteiger partial charge in [-0.3, -0.25) is 4.79 Å². The van der Waals surface area contributed by atoms with E-state index in [1.165, 1.54) is 25.7 Å². The van der Waals surface area contributed by atoms with E-state index in [1.807, 2.05) is 24.3 Å². The molecule has 3 unspecified atom stereocenters. The summed E-state index contributed by atoms with van der Waals surface area (Å²) in [7, 11) is 0. The minimum atomic E-state index is -0.0376. The molecule has 2 aliphatic rings. The molecule has 0 bridgehead atoms. The second-order valence-electron chi connectivity index (χ2n) is 6.53. The van der Waals surface area contributed by atoms with Crippen molar-refractivity contribution >= 4 is 18.3 Å². The summed E-state index contributed by atoms with van der Waals surface area (Å²) in [6.07, 6.45) is 7.78. The number of hydrogen-bond acceptors (Lipinski definition) is 3. The van der Waals surface area contributed by atoms with Crippen LogP contribution in [-0.4, -0.2) is 24.6 Å². The lowest BCUT2D eigenvalue weighted by Gasteiger charge is -2.24. The van der Waals surface area contributed by atoms with Gasteiger partial charge in [0.15, 0.2) is 0 Å². The van der Waals surface area contributed by atoms with E-state index in [-0.39, 0.29) is 24.4 Å². The van der Waals surface area contributed by atoms with Crippen LogP contribution in [0.3, 0.4) is 0 Å². The highest BCUT2D eigenvalue weighted by molar-refractivity contribution is 5.85. The fraction of sp³-hybridized carbons (Fsp3) is 0.526. The Labute approximate surface area is 150 Å². The Morgan fingerprint density at radius 3 is 2.92 bits per heavy atom. The van der Waals surface area contributed by atoms with Gasteiger partial charge in [-0.25, -0.2) is 0 Å². The fourth-order valence-corrected chi connectivity index (χ4v) is 3.77. The normalized spacial score (nSPS) is 25.2. The third-order valence-electron chi connectivity index (χ3n) is 4.96. The zero-order valence-corrected chi connectivity index (χ0v) is 14.8. The molecule has 1 saturated carbocycles. The molecule has 0 aromatic heterocycles. The molecular formula is C19H27ClN2O2. The first-order chi connectivity index (χ1) is 11.3. The smallest absolute Gasteiger partial charge is 0.237 e. The van der Waals surface area contributed by atoms with E-state index in [0.29, 0.717) is 25.1 Å². The zero-order valence-electron chi connectivity index (χ0n) is 14.0. The van der Waals surface area contributed by atoms with E-state index in [2.05, 4.69) is 17.2 Å². The Morgan fingerprint density at radius 2 is 2.12 bits per heavy atom. The highest BCUT2D eigenvalue weighted by Gasteiger charge is 2.38. The number of carbonyl (C=O) groups excluding carboxylic acids is 1. The van der Waals surface area contributed by atoms with Gasteiger partial charge in [0, 0.05) is 18.2 Å². The van der Waals surface area contributed by atoms with Gasteiger partial charge in [-0.1, -0.05) is 43.7 Å². The lowest BCUT2D eigenvalue weighted by Crippen LogP contribution is -2.42. The molecule has 0 spiro atoms. The number of ether oxygens (including phenoxy) is 1. The van der Waals surface area contributed by atoms with Gasteiger partial charge in [0.1, 0.15) is 12.4 Å². The molecule has 1 aromatic carbocycles. The number of halogens is 1. The van der Waals surface area contributed by atoms with Crippen molar-refractivity contribution in [1.82, 2.24) is 10.6 Å². The van der Waals surface area contributed by atoms with E-state index >= 15 is 0 Å². The molecule has 1 heterocycles. The van der Waals surface area contributed by atoms with Crippen LogP contribution in [-0.2, 0) is 11.3 Å². The van der Waals surface area contributed by atoms with Gasteiger partial charge < -0.3 is 15.4 Å². The number of fused-ring (bicyclic) bond motifs is 1. The molecule has 1 aromatic rings. The van der Waals surface area contributed by atoms with E-state index in [0.717, 1.165) is 17.7 Å². The monoisotopic (exact) mass is 350 g/mol. The van der Waals surface area contributed by atoms with Crippen molar-refractivity contribution < 1.29 is 9.53 Å². The van der Waals surface area contributed by atoms with E-state index < -0.39 is 0 Å². The van der Waals surface area contributed by atoms with Crippen LogP contribution in [0.2, 0.25) is 0 Å². The van der Waals surface area contributed by atoms with Crippen LogP contribution >= 0.6 is 12.4 Å². The van der Waals surface area contributed by atoms with Crippen molar-refractivity contribution in [3.63, 3.8) is 0 Å². The second kappa shape index (κ2) is 9.09. The molecule has 24 heavy (non-hydrogen) atoms. The largest absolute Gasteiger partial charge is 0.489 e. The summed E-state index contributed by atoms with van der Waals surface area (Å²) in [4.78, 5) is 12.5. The third-order valence-corrected chi connectivity index (χ3v) is 4.96. The van der Waals surface area contributed by atoms with Crippen LogP contribution in [0.25, 0.3) is 0 Å². The summed E-state index contributed by atoms with van der Waals surface area (Å²) in [6.45, 7) is 4.63. The number of benzene rings is 1. The summed E-state index contributed by atoms with van der Waals surface area (Å²) < 4.78 is 5.64. The Morgan fingerprint density at radius 1 is 1.33 bits per heavy atom. The standard InChI is InChI=1S/C19H26N2O2.ClH/c1-2-11-23-18-10-6-4-8-15(18)13-20-19(22)17-12-14-7-3-5-9-16(14)21-17;/h2,4,6,8,10,14,16-17,21H,1,3,5,7,9,11-13H2,(H,20,22);1H. The van der Waals surface area contributed by atoms with Gasteiger partial charge in [-0.2, -0.15) is 0 Å². The lowest BCUT2D eigenvalue weighted by atomic mass is 9.85. The Hall–Kier alpha value is -1.52. The van der Waals surface area contributed by atoms with E-state index in [4.69, 9.17) is 4.74 Å². The fourth-order valence-electron chi connectivity index (χ4n) is 3.77. The molecule has 4 nitrogen and oxygen atoms in total. The number of carbonyl (C=O) groups is 1. The average Bonchev–Trinajstić information content (AvgIpc) is 3.02. The predicted molar refractivity (Wildman–Crippen MR) is 98.5 cm³/mol. The maximum absolute atomic E-state index is 12.5. The highest BCUT2D eigenvalue weighted by Crippen LogP contribution is 2.33. The van der Waals surface area contributed by atoms with E-state index in [9.17, 15) is 4.79 Å². The molecule has 1 aliphatic heterocycles. The highest BCUT2D eigenvalue weighted by atomic mass is 35.5. The van der Waals surface area contributed by atoms with Crippen LogP contribution in [0, 0.1) is 5.92 Å². The van der Waals surface area contributed by atoms with Gasteiger partial charge in [0.05, 0.1) is 6.04 Å².